The van der Waals surface area contributed by atoms with E-state index in [1.807, 2.05) is 0 Å². The molecule has 390 valence electrons. The second-order valence-electron chi connectivity index (χ2n) is 18.3. The van der Waals surface area contributed by atoms with Gasteiger partial charge in [-0.05, 0) is 89.9 Å². The zero-order chi connectivity index (χ0) is 49.2. The Balaban J connectivity index is 2.24. The summed E-state index contributed by atoms with van der Waals surface area (Å²) in [6, 6.07) is 0. The zero-order valence-corrected chi connectivity index (χ0v) is 43.1. The second kappa shape index (κ2) is 49.1. The highest BCUT2D eigenvalue weighted by Gasteiger charge is 2.44. The quantitative estimate of drug-likeness (QED) is 0.0267. The molecule has 1 aliphatic rings. The minimum absolute atomic E-state index is 0.115. The fourth-order valence-corrected chi connectivity index (χ4v) is 7.77. The number of esters is 1. The van der Waals surface area contributed by atoms with E-state index in [4.69, 9.17) is 18.9 Å². The van der Waals surface area contributed by atoms with Crippen LogP contribution in [0.1, 0.15) is 206 Å². The van der Waals surface area contributed by atoms with Crippen LogP contribution in [-0.2, 0) is 23.7 Å². The van der Waals surface area contributed by atoms with Crippen LogP contribution in [0.25, 0.3) is 0 Å². The van der Waals surface area contributed by atoms with Crippen molar-refractivity contribution >= 4 is 5.97 Å². The number of hydrogen-bond acceptors (Lipinski definition) is 9. The van der Waals surface area contributed by atoms with E-state index in [1.165, 1.54) is 116 Å². The largest absolute Gasteiger partial charge is 0.457 e. The van der Waals surface area contributed by atoms with Gasteiger partial charge in [-0.1, -0.05) is 207 Å². The first-order valence-electron chi connectivity index (χ1n) is 27.3. The van der Waals surface area contributed by atoms with Crippen molar-refractivity contribution in [3.8, 4) is 0 Å². The normalized spacial score (nSPS) is 19.9. The van der Waals surface area contributed by atoms with E-state index in [-0.39, 0.29) is 25.6 Å². The van der Waals surface area contributed by atoms with Crippen LogP contribution in [0.4, 0.5) is 0 Å². The van der Waals surface area contributed by atoms with Crippen LogP contribution >= 0.6 is 0 Å². The first-order chi connectivity index (χ1) is 33.4. The summed E-state index contributed by atoms with van der Waals surface area (Å²) < 4.78 is 22.9. The van der Waals surface area contributed by atoms with E-state index in [1.54, 1.807) is 0 Å². The van der Waals surface area contributed by atoms with Crippen molar-refractivity contribution in [2.24, 2.45) is 0 Å². The zero-order valence-electron chi connectivity index (χ0n) is 43.1. The Hall–Kier alpha value is -2.89. The highest BCUT2D eigenvalue weighted by atomic mass is 16.7. The van der Waals surface area contributed by atoms with Gasteiger partial charge in [0.2, 0.25) is 0 Å². The number of allylic oxidation sites excluding steroid dienone is 16. The summed E-state index contributed by atoms with van der Waals surface area (Å²) in [6.45, 7) is 4.37. The molecule has 0 bridgehead atoms. The summed E-state index contributed by atoms with van der Waals surface area (Å²) >= 11 is 0. The lowest BCUT2D eigenvalue weighted by molar-refractivity contribution is -0.305. The third-order valence-electron chi connectivity index (χ3n) is 12.0. The van der Waals surface area contributed by atoms with Gasteiger partial charge in [0.1, 0.15) is 30.5 Å². The number of unbranched alkanes of at least 4 members (excludes halogenated alkanes) is 19. The van der Waals surface area contributed by atoms with E-state index in [0.717, 1.165) is 64.2 Å². The van der Waals surface area contributed by atoms with Crippen molar-refractivity contribution in [3.63, 3.8) is 0 Å². The van der Waals surface area contributed by atoms with Crippen molar-refractivity contribution in [1.82, 2.24) is 0 Å². The topological polar surface area (TPSA) is 135 Å². The summed E-state index contributed by atoms with van der Waals surface area (Å²) in [5.41, 5.74) is 0. The summed E-state index contributed by atoms with van der Waals surface area (Å²) in [7, 11) is 0. The molecule has 0 radical (unpaired) electrons. The Morgan fingerprint density at radius 1 is 0.485 bits per heavy atom. The molecule has 0 saturated carbocycles. The van der Waals surface area contributed by atoms with Gasteiger partial charge >= 0.3 is 5.97 Å². The molecule has 0 aliphatic carbocycles. The Morgan fingerprint density at radius 3 is 1.37 bits per heavy atom. The number of hydrogen-bond donors (Lipinski definition) is 4. The van der Waals surface area contributed by atoms with E-state index in [2.05, 4.69) is 111 Å². The molecule has 0 aromatic rings. The maximum atomic E-state index is 12.8. The minimum atomic E-state index is -1.55. The van der Waals surface area contributed by atoms with Gasteiger partial charge in [0.05, 0.1) is 19.8 Å². The van der Waals surface area contributed by atoms with Crippen molar-refractivity contribution in [1.29, 1.82) is 0 Å². The highest BCUT2D eigenvalue weighted by molar-refractivity contribution is 5.69. The average molecular weight is 953 g/mol. The Kier molecular flexibility index (Phi) is 45.6. The van der Waals surface area contributed by atoms with Crippen LogP contribution in [0.5, 0.6) is 0 Å². The molecule has 9 heteroatoms. The lowest BCUT2D eigenvalue weighted by atomic mass is 9.99. The Morgan fingerprint density at radius 2 is 0.897 bits per heavy atom. The van der Waals surface area contributed by atoms with E-state index in [0.29, 0.717) is 13.0 Å². The first-order valence-corrected chi connectivity index (χ1v) is 27.3. The number of carbonyl (C=O) groups is 1. The summed E-state index contributed by atoms with van der Waals surface area (Å²) in [5, 5.41) is 40.3. The standard InChI is InChI=1S/C59H100O9/c1-3-5-7-9-11-13-15-17-19-21-23-25-27-28-30-32-34-36-38-40-42-44-46-48-55(61)67-53(52-66-59-58(64)57(63)56(62)54(50-60)68-59)51-65-49-47-45-43-41-39-37-35-33-31-29-26-24-22-20-18-16-14-12-10-8-6-4-2/h5,7,11,13,17,19,22-25,28,30,34,36,40,42,53-54,56-60,62-64H,3-4,6,8-10,12,14-16,18,20-21,26-27,29,31-33,35,37-39,41,43-52H2,1-2H3/b7-5-,13-11-,19-17-,24-22-,25-23-,30-28-,36-34-,42-40-. The molecule has 68 heavy (non-hydrogen) atoms. The molecule has 0 aromatic heterocycles. The third-order valence-corrected chi connectivity index (χ3v) is 12.0. The monoisotopic (exact) mass is 953 g/mol. The van der Waals surface area contributed by atoms with Crippen LogP contribution in [0.15, 0.2) is 97.2 Å². The van der Waals surface area contributed by atoms with E-state index in [9.17, 15) is 25.2 Å². The molecular formula is C59H100O9. The van der Waals surface area contributed by atoms with E-state index < -0.39 is 43.4 Å². The second-order valence-corrected chi connectivity index (χ2v) is 18.3. The number of aliphatic hydroxyl groups is 4. The van der Waals surface area contributed by atoms with Crippen LogP contribution in [0, 0.1) is 0 Å². The molecule has 1 rings (SSSR count). The molecule has 1 aliphatic heterocycles. The maximum absolute atomic E-state index is 12.8. The molecule has 9 nitrogen and oxygen atoms in total. The van der Waals surface area contributed by atoms with Crippen molar-refractivity contribution < 1.29 is 44.2 Å². The molecule has 6 unspecified atom stereocenters. The van der Waals surface area contributed by atoms with Gasteiger partial charge in [-0.3, -0.25) is 4.79 Å². The third kappa shape index (κ3) is 38.9. The predicted octanol–water partition coefficient (Wildman–Crippen LogP) is 13.9. The summed E-state index contributed by atoms with van der Waals surface area (Å²) in [5.74, 6) is -0.373. The molecule has 4 N–H and O–H groups in total. The van der Waals surface area contributed by atoms with Gasteiger partial charge in [-0.25, -0.2) is 0 Å². The van der Waals surface area contributed by atoms with Crippen LogP contribution in [0.2, 0.25) is 0 Å². The molecule has 1 heterocycles. The smallest absolute Gasteiger partial charge is 0.306 e. The van der Waals surface area contributed by atoms with Crippen LogP contribution in [-0.4, -0.2) is 89.6 Å². The number of ether oxygens (including phenoxy) is 4. The van der Waals surface area contributed by atoms with Crippen LogP contribution < -0.4 is 0 Å². The number of carbonyl (C=O) groups excluding carboxylic acids is 1. The van der Waals surface area contributed by atoms with Crippen LogP contribution in [0.3, 0.4) is 0 Å². The molecule has 0 aromatic carbocycles. The molecule has 0 amide bonds. The molecule has 0 spiro atoms. The van der Waals surface area contributed by atoms with Gasteiger partial charge in [0.15, 0.2) is 6.29 Å². The molecule has 1 fully saturated rings. The fraction of sp³-hybridized carbons (Fsp3) is 0.712. The first kappa shape index (κ1) is 63.1. The van der Waals surface area contributed by atoms with Crippen molar-refractivity contribution in [2.75, 3.05) is 26.4 Å². The Bertz CT molecular complexity index is 1360. The lowest BCUT2D eigenvalue weighted by Gasteiger charge is -2.39. The van der Waals surface area contributed by atoms with E-state index >= 15 is 0 Å². The van der Waals surface area contributed by atoms with Gasteiger partial charge in [-0.2, -0.15) is 0 Å². The van der Waals surface area contributed by atoms with Gasteiger partial charge in [0.25, 0.3) is 0 Å². The summed E-state index contributed by atoms with van der Waals surface area (Å²) in [6.07, 6.45) is 61.7. The molecule has 6 atom stereocenters. The lowest BCUT2D eigenvalue weighted by Crippen LogP contribution is -2.59. The average Bonchev–Trinajstić information content (AvgIpc) is 3.34. The number of rotatable bonds is 46. The molecule has 1 saturated heterocycles. The highest BCUT2D eigenvalue weighted by Crippen LogP contribution is 2.23. The molecular weight excluding hydrogens is 853 g/mol. The summed E-state index contributed by atoms with van der Waals surface area (Å²) in [4.78, 5) is 12.8. The maximum Gasteiger partial charge on any atom is 0.306 e. The number of aliphatic hydroxyl groups excluding tert-OH is 4. The van der Waals surface area contributed by atoms with Gasteiger partial charge in [-0.15, -0.1) is 0 Å². The predicted molar refractivity (Wildman–Crippen MR) is 283 cm³/mol. The van der Waals surface area contributed by atoms with Crippen molar-refractivity contribution in [3.05, 3.63) is 97.2 Å². The van der Waals surface area contributed by atoms with Gasteiger partial charge < -0.3 is 39.4 Å². The SMILES string of the molecule is CC/C=C\C/C=C\C/C=C\C/C=C\C/C=C\C/C=C\C/C=C\CCCC(=O)OC(COCCCCCCCCCCCC/C=C\CCCCCCCCCC)COC1OC(CO)C(O)C(O)C1O. The van der Waals surface area contributed by atoms with Gasteiger partial charge in [0, 0.05) is 13.0 Å². The van der Waals surface area contributed by atoms with Crippen molar-refractivity contribution in [2.45, 2.75) is 243 Å². The minimum Gasteiger partial charge on any atom is -0.457 e. The Labute approximate surface area is 415 Å². The fourth-order valence-electron chi connectivity index (χ4n) is 7.77.